The van der Waals surface area contributed by atoms with Gasteiger partial charge in [0.25, 0.3) is 5.91 Å². The number of hydrogen-bond donors (Lipinski definition) is 2. The first-order valence-corrected chi connectivity index (χ1v) is 6.90. The van der Waals surface area contributed by atoms with Gasteiger partial charge in [-0.15, -0.1) is 12.4 Å². The van der Waals surface area contributed by atoms with E-state index in [1.165, 1.54) is 21.3 Å². The molecule has 1 aromatic carbocycles. The zero-order valence-corrected chi connectivity index (χ0v) is 13.9. The van der Waals surface area contributed by atoms with E-state index in [0.29, 0.717) is 29.4 Å². The molecule has 1 amide bonds. The zero-order chi connectivity index (χ0) is 15.5. The third-order valence-electron chi connectivity index (χ3n) is 3.90. The number of amides is 1. The van der Waals surface area contributed by atoms with E-state index in [2.05, 4.69) is 5.32 Å². The number of halogens is 1. The quantitative estimate of drug-likeness (QED) is 0.830. The van der Waals surface area contributed by atoms with Crippen LogP contribution in [0.15, 0.2) is 12.1 Å². The van der Waals surface area contributed by atoms with Crippen molar-refractivity contribution in [3.8, 4) is 17.2 Å². The maximum Gasteiger partial charge on any atom is 0.255 e. The molecule has 6 nitrogen and oxygen atoms in total. The van der Waals surface area contributed by atoms with Crippen molar-refractivity contribution in [1.29, 1.82) is 0 Å². The van der Waals surface area contributed by atoms with E-state index < -0.39 is 0 Å². The Morgan fingerprint density at radius 2 is 1.68 bits per heavy atom. The van der Waals surface area contributed by atoms with Crippen molar-refractivity contribution in [1.82, 2.24) is 5.32 Å². The topological polar surface area (TPSA) is 82.8 Å². The molecule has 1 saturated carbocycles. The lowest BCUT2D eigenvalue weighted by Gasteiger charge is -2.38. The van der Waals surface area contributed by atoms with Crippen LogP contribution in [-0.4, -0.2) is 39.3 Å². The maximum atomic E-state index is 12.3. The van der Waals surface area contributed by atoms with Crippen molar-refractivity contribution in [2.45, 2.75) is 24.8 Å². The highest BCUT2D eigenvalue weighted by Gasteiger charge is 2.33. The molecule has 0 atom stereocenters. The fraction of sp³-hybridized carbons (Fsp3) is 0.533. The van der Waals surface area contributed by atoms with Crippen LogP contribution < -0.4 is 25.3 Å². The summed E-state index contributed by atoms with van der Waals surface area (Å²) in [7, 11) is 4.56. The molecule has 1 fully saturated rings. The summed E-state index contributed by atoms with van der Waals surface area (Å²) in [5.41, 5.74) is 6.25. The first kappa shape index (κ1) is 18.4. The third-order valence-corrected chi connectivity index (χ3v) is 3.90. The molecule has 0 aromatic heterocycles. The van der Waals surface area contributed by atoms with Crippen molar-refractivity contribution in [3.05, 3.63) is 17.7 Å². The van der Waals surface area contributed by atoms with Gasteiger partial charge in [-0.05, 0) is 19.3 Å². The van der Waals surface area contributed by atoms with Gasteiger partial charge in [-0.2, -0.15) is 0 Å². The van der Waals surface area contributed by atoms with Crippen molar-refractivity contribution in [2.75, 3.05) is 27.9 Å². The predicted octanol–water partition coefficient (Wildman–Crippen LogP) is 1.75. The van der Waals surface area contributed by atoms with Crippen LogP contribution in [0.1, 0.15) is 29.6 Å². The Morgan fingerprint density at radius 3 is 2.14 bits per heavy atom. The number of carbonyl (C=O) groups is 1. The second kappa shape index (κ2) is 7.56. The van der Waals surface area contributed by atoms with E-state index in [9.17, 15) is 4.79 Å². The fourth-order valence-corrected chi connectivity index (χ4v) is 2.37. The lowest BCUT2D eigenvalue weighted by Crippen LogP contribution is -2.54. The Balaban J connectivity index is 0.00000242. The lowest BCUT2D eigenvalue weighted by molar-refractivity contribution is 0.0926. The molecule has 0 spiro atoms. The van der Waals surface area contributed by atoms with Gasteiger partial charge in [-0.1, -0.05) is 0 Å². The van der Waals surface area contributed by atoms with Crippen LogP contribution in [0.3, 0.4) is 0 Å². The van der Waals surface area contributed by atoms with Gasteiger partial charge >= 0.3 is 0 Å². The molecule has 0 bridgehead atoms. The molecule has 0 radical (unpaired) electrons. The summed E-state index contributed by atoms with van der Waals surface area (Å²) < 4.78 is 15.7. The number of hydrogen-bond acceptors (Lipinski definition) is 5. The number of ether oxygens (including phenoxy) is 3. The van der Waals surface area contributed by atoms with Gasteiger partial charge in [0.2, 0.25) is 0 Å². The Bertz CT molecular complexity index is 533. The van der Waals surface area contributed by atoms with Crippen LogP contribution in [0.25, 0.3) is 0 Å². The minimum Gasteiger partial charge on any atom is -0.496 e. The van der Waals surface area contributed by atoms with Gasteiger partial charge in [0.05, 0.1) is 26.9 Å². The molecule has 1 aliphatic rings. The summed E-state index contributed by atoms with van der Waals surface area (Å²) in [4.78, 5) is 12.3. The summed E-state index contributed by atoms with van der Waals surface area (Å²) in [6, 6.07) is 3.24. The molecule has 1 aromatic rings. The number of nitrogens with two attached hydrogens (primary N) is 1. The molecule has 0 unspecified atom stereocenters. The molecule has 0 heterocycles. The largest absolute Gasteiger partial charge is 0.496 e. The molecule has 3 N–H and O–H groups in total. The van der Waals surface area contributed by atoms with Crippen LogP contribution in [0.2, 0.25) is 0 Å². The number of carbonyl (C=O) groups excluding carboxylic acids is 1. The Kier molecular flexibility index (Phi) is 6.32. The molecular weight excluding hydrogens is 308 g/mol. The Morgan fingerprint density at radius 1 is 1.14 bits per heavy atom. The second-order valence-electron chi connectivity index (χ2n) is 5.31. The van der Waals surface area contributed by atoms with E-state index in [-0.39, 0.29) is 23.9 Å². The zero-order valence-electron chi connectivity index (χ0n) is 13.1. The molecular formula is C15H23ClN2O4. The van der Waals surface area contributed by atoms with Crippen molar-refractivity contribution >= 4 is 18.3 Å². The Labute approximate surface area is 136 Å². The number of rotatable bonds is 6. The molecule has 2 rings (SSSR count). The highest BCUT2D eigenvalue weighted by Crippen LogP contribution is 2.34. The first-order chi connectivity index (χ1) is 10.0. The number of benzene rings is 1. The van der Waals surface area contributed by atoms with Gasteiger partial charge in [0.15, 0.2) is 11.5 Å². The summed E-state index contributed by atoms with van der Waals surface area (Å²) in [5.74, 6) is 1.20. The monoisotopic (exact) mass is 330 g/mol. The van der Waals surface area contributed by atoms with Gasteiger partial charge in [0.1, 0.15) is 5.75 Å². The van der Waals surface area contributed by atoms with Crippen LogP contribution in [0.5, 0.6) is 17.2 Å². The minimum atomic E-state index is -0.264. The van der Waals surface area contributed by atoms with Crippen molar-refractivity contribution in [3.63, 3.8) is 0 Å². The third kappa shape index (κ3) is 3.75. The van der Waals surface area contributed by atoms with Gasteiger partial charge < -0.3 is 25.3 Å². The smallest absolute Gasteiger partial charge is 0.255 e. The van der Waals surface area contributed by atoms with Crippen LogP contribution in [0.4, 0.5) is 0 Å². The molecule has 7 heteroatoms. The average Bonchev–Trinajstić information content (AvgIpc) is 2.49. The molecule has 0 aliphatic heterocycles. The lowest BCUT2D eigenvalue weighted by atomic mass is 9.78. The summed E-state index contributed by atoms with van der Waals surface area (Å²) in [6.07, 6.45) is 3.00. The molecule has 1 aliphatic carbocycles. The second-order valence-corrected chi connectivity index (χ2v) is 5.31. The van der Waals surface area contributed by atoms with Gasteiger partial charge in [-0.25, -0.2) is 0 Å². The van der Waals surface area contributed by atoms with Crippen LogP contribution in [-0.2, 0) is 0 Å². The molecule has 22 heavy (non-hydrogen) atoms. The van der Waals surface area contributed by atoms with Crippen molar-refractivity contribution in [2.24, 2.45) is 5.73 Å². The highest BCUT2D eigenvalue weighted by molar-refractivity contribution is 5.97. The molecule has 0 saturated heterocycles. The van der Waals surface area contributed by atoms with Crippen LogP contribution >= 0.6 is 12.4 Å². The minimum absolute atomic E-state index is 0. The van der Waals surface area contributed by atoms with Gasteiger partial charge in [0, 0.05) is 24.2 Å². The van der Waals surface area contributed by atoms with E-state index in [4.69, 9.17) is 19.9 Å². The van der Waals surface area contributed by atoms with E-state index in [0.717, 1.165) is 19.3 Å². The maximum absolute atomic E-state index is 12.3. The standard InChI is InChI=1S/C15H22N2O4.ClH/c1-19-11-8-13(21-3)12(20-2)7-10(11)14(18)17-9-15(16)5-4-6-15;/h7-8H,4-6,9,16H2,1-3H3,(H,17,18);1H. The summed E-state index contributed by atoms with van der Waals surface area (Å²) in [6.45, 7) is 0.462. The Hall–Kier alpha value is -1.66. The summed E-state index contributed by atoms with van der Waals surface area (Å²) in [5, 5.41) is 2.86. The highest BCUT2D eigenvalue weighted by atomic mass is 35.5. The van der Waals surface area contributed by atoms with Gasteiger partial charge in [-0.3, -0.25) is 4.79 Å². The predicted molar refractivity (Wildman–Crippen MR) is 86.4 cm³/mol. The van der Waals surface area contributed by atoms with Crippen LogP contribution in [0, 0.1) is 0 Å². The van der Waals surface area contributed by atoms with E-state index in [1.807, 2.05) is 0 Å². The first-order valence-electron chi connectivity index (χ1n) is 6.90. The SMILES string of the molecule is COc1cc(OC)c(C(=O)NCC2(N)CCC2)cc1OC.Cl. The van der Waals surface area contributed by atoms with E-state index in [1.54, 1.807) is 12.1 Å². The normalized spacial score (nSPS) is 15.1. The van der Waals surface area contributed by atoms with Crippen molar-refractivity contribution < 1.29 is 19.0 Å². The fourth-order valence-electron chi connectivity index (χ4n) is 2.37. The summed E-state index contributed by atoms with van der Waals surface area (Å²) >= 11 is 0. The van der Waals surface area contributed by atoms with E-state index >= 15 is 0 Å². The number of nitrogens with one attached hydrogen (secondary N) is 1. The molecule has 124 valence electrons. The number of methoxy groups -OCH3 is 3. The average molecular weight is 331 g/mol.